The van der Waals surface area contributed by atoms with Crippen molar-refractivity contribution in [1.82, 2.24) is 10.2 Å². The van der Waals surface area contributed by atoms with E-state index in [9.17, 15) is 9.18 Å². The second-order valence-corrected chi connectivity index (χ2v) is 9.85. The molecule has 0 bridgehead atoms. The molecule has 2 aromatic carbocycles. The van der Waals surface area contributed by atoms with E-state index in [-0.39, 0.29) is 11.5 Å². The fourth-order valence-corrected chi connectivity index (χ4v) is 5.86. The van der Waals surface area contributed by atoms with Crippen molar-refractivity contribution in [2.45, 2.75) is 19.3 Å². The van der Waals surface area contributed by atoms with Gasteiger partial charge in [-0.3, -0.25) is 4.79 Å². The molecule has 2 aliphatic rings. The van der Waals surface area contributed by atoms with Crippen LogP contribution in [0.25, 0.3) is 21.6 Å². The lowest BCUT2D eigenvalue weighted by molar-refractivity contribution is 0.0771. The van der Waals surface area contributed by atoms with Gasteiger partial charge < -0.3 is 15.1 Å². The lowest BCUT2D eigenvalue weighted by Crippen LogP contribution is -2.33. The summed E-state index contributed by atoms with van der Waals surface area (Å²) in [4.78, 5) is 19.2. The summed E-state index contributed by atoms with van der Waals surface area (Å²) in [5.74, 6) is -0.531. The van der Waals surface area contributed by atoms with Crippen molar-refractivity contribution in [3.05, 3.63) is 64.8 Å². The number of hydrogen-bond acceptors (Lipinski definition) is 5. The first kappa shape index (κ1) is 22.6. The molecule has 0 atom stereocenters. The average molecular weight is 475 g/mol. The zero-order chi connectivity index (χ0) is 23.5. The summed E-state index contributed by atoms with van der Waals surface area (Å²) in [6.07, 6.45) is 3.37. The van der Waals surface area contributed by atoms with Gasteiger partial charge in [-0.2, -0.15) is 5.26 Å². The van der Waals surface area contributed by atoms with Crippen molar-refractivity contribution in [3.63, 3.8) is 0 Å². The molecule has 5 rings (SSSR count). The number of carbonyl (C=O) groups is 1. The minimum absolute atomic E-state index is 0.0175. The molecule has 0 spiro atoms. The van der Waals surface area contributed by atoms with Gasteiger partial charge in [0.15, 0.2) is 0 Å². The Labute approximate surface area is 203 Å². The molecule has 3 heterocycles. The molecule has 2 fully saturated rings. The van der Waals surface area contributed by atoms with Crippen LogP contribution in [0.4, 0.5) is 10.1 Å². The number of hydrogen-bond donors (Lipinski definition) is 1. The zero-order valence-electron chi connectivity index (χ0n) is 19.0. The molecular weight excluding hydrogens is 447 g/mol. The van der Waals surface area contributed by atoms with Gasteiger partial charge in [0.2, 0.25) is 0 Å². The highest BCUT2D eigenvalue weighted by Crippen LogP contribution is 2.41. The largest absolute Gasteiger partial charge is 0.372 e. The molecule has 1 amide bonds. The first-order chi connectivity index (χ1) is 16.6. The van der Waals surface area contributed by atoms with E-state index in [0.29, 0.717) is 17.0 Å². The number of amides is 1. The van der Waals surface area contributed by atoms with Crippen molar-refractivity contribution in [2.75, 3.05) is 44.2 Å². The summed E-state index contributed by atoms with van der Waals surface area (Å²) in [6, 6.07) is 16.9. The van der Waals surface area contributed by atoms with E-state index in [1.807, 2.05) is 17.0 Å². The lowest BCUT2D eigenvalue weighted by Gasteiger charge is -2.18. The summed E-state index contributed by atoms with van der Waals surface area (Å²) < 4.78 is 14.5. The molecule has 3 aromatic rings. The van der Waals surface area contributed by atoms with Crippen molar-refractivity contribution in [3.8, 4) is 27.6 Å². The smallest absolute Gasteiger partial charge is 0.264 e. The van der Waals surface area contributed by atoms with E-state index >= 15 is 0 Å². The fraction of sp³-hybridized carbons (Fsp3) is 0.333. The van der Waals surface area contributed by atoms with Crippen molar-refractivity contribution >= 4 is 22.9 Å². The standard InChI is InChI=1S/C27H27FN4OS/c28-24-16-20(4-5-21(24)18-29)23-17-25(27(33)32-14-3-10-30-11-15-32)34-26(23)19-6-8-22(9-7-19)31-12-1-2-13-31/h4-9,16-17,30H,1-3,10-15H2. The predicted octanol–water partition coefficient (Wildman–Crippen LogP) is 5.13. The van der Waals surface area contributed by atoms with Crippen LogP contribution in [0, 0.1) is 17.1 Å². The maximum Gasteiger partial charge on any atom is 0.264 e. The van der Waals surface area contributed by atoms with Crippen LogP contribution in [0.2, 0.25) is 0 Å². The van der Waals surface area contributed by atoms with Crippen molar-refractivity contribution in [1.29, 1.82) is 5.26 Å². The van der Waals surface area contributed by atoms with Gasteiger partial charge in [0.25, 0.3) is 5.91 Å². The highest BCUT2D eigenvalue weighted by molar-refractivity contribution is 7.18. The highest BCUT2D eigenvalue weighted by Gasteiger charge is 2.23. The molecule has 1 aromatic heterocycles. The number of rotatable bonds is 4. The Bertz CT molecular complexity index is 1220. The van der Waals surface area contributed by atoms with Crippen LogP contribution in [0.3, 0.4) is 0 Å². The second-order valence-electron chi connectivity index (χ2n) is 8.80. The number of halogens is 1. The quantitative estimate of drug-likeness (QED) is 0.570. The highest BCUT2D eigenvalue weighted by atomic mass is 32.1. The van der Waals surface area contributed by atoms with Gasteiger partial charge in [0, 0.05) is 48.9 Å². The number of nitriles is 1. The van der Waals surface area contributed by atoms with E-state index in [4.69, 9.17) is 5.26 Å². The van der Waals surface area contributed by atoms with Gasteiger partial charge in [-0.1, -0.05) is 18.2 Å². The third kappa shape index (κ3) is 4.56. The van der Waals surface area contributed by atoms with Gasteiger partial charge in [-0.05, 0) is 67.3 Å². The molecule has 5 nitrogen and oxygen atoms in total. The van der Waals surface area contributed by atoms with Gasteiger partial charge in [-0.25, -0.2) is 4.39 Å². The third-order valence-corrected chi connectivity index (χ3v) is 7.74. The molecule has 174 valence electrons. The number of carbonyl (C=O) groups excluding carboxylic acids is 1. The first-order valence-electron chi connectivity index (χ1n) is 11.8. The summed E-state index contributed by atoms with van der Waals surface area (Å²) in [5, 5.41) is 12.5. The summed E-state index contributed by atoms with van der Waals surface area (Å²) in [5.41, 5.74) is 3.71. The van der Waals surface area contributed by atoms with E-state index in [2.05, 4.69) is 34.5 Å². The molecular formula is C27H27FN4OS. The van der Waals surface area contributed by atoms with Gasteiger partial charge >= 0.3 is 0 Å². The normalized spacial score (nSPS) is 16.4. The monoisotopic (exact) mass is 474 g/mol. The van der Waals surface area contributed by atoms with E-state index < -0.39 is 5.82 Å². The molecule has 0 unspecified atom stereocenters. The minimum Gasteiger partial charge on any atom is -0.372 e. The Kier molecular flexibility index (Phi) is 6.61. The average Bonchev–Trinajstić information content (AvgIpc) is 3.48. The molecule has 2 aliphatic heterocycles. The molecule has 34 heavy (non-hydrogen) atoms. The number of anilines is 1. The first-order valence-corrected chi connectivity index (χ1v) is 12.6. The van der Waals surface area contributed by atoms with Crippen LogP contribution < -0.4 is 10.2 Å². The van der Waals surface area contributed by atoms with E-state index in [0.717, 1.165) is 55.1 Å². The third-order valence-electron chi connectivity index (χ3n) is 6.57. The van der Waals surface area contributed by atoms with Crippen LogP contribution in [0.5, 0.6) is 0 Å². The number of benzene rings is 2. The van der Waals surface area contributed by atoms with Gasteiger partial charge in [0.1, 0.15) is 11.9 Å². The van der Waals surface area contributed by atoms with Gasteiger partial charge in [0.05, 0.1) is 10.4 Å². The summed E-state index contributed by atoms with van der Waals surface area (Å²) >= 11 is 1.46. The Hall–Kier alpha value is -3.21. The number of nitrogens with zero attached hydrogens (tertiary/aromatic N) is 3. The zero-order valence-corrected chi connectivity index (χ0v) is 19.8. The van der Waals surface area contributed by atoms with Crippen LogP contribution in [-0.4, -0.2) is 50.1 Å². The Morgan fingerprint density at radius 1 is 0.941 bits per heavy atom. The molecule has 1 N–H and O–H groups in total. The molecule has 0 saturated carbocycles. The van der Waals surface area contributed by atoms with E-state index in [1.54, 1.807) is 6.07 Å². The van der Waals surface area contributed by atoms with Crippen LogP contribution >= 0.6 is 11.3 Å². The SMILES string of the molecule is N#Cc1ccc(-c2cc(C(=O)N3CCCNCC3)sc2-c2ccc(N3CCCC3)cc2)cc1F. The Morgan fingerprint density at radius 3 is 2.44 bits per heavy atom. The Morgan fingerprint density at radius 2 is 1.71 bits per heavy atom. The maximum atomic E-state index is 14.5. The van der Waals surface area contributed by atoms with Gasteiger partial charge in [-0.15, -0.1) is 11.3 Å². The van der Waals surface area contributed by atoms with Crippen LogP contribution in [-0.2, 0) is 0 Å². The molecule has 0 radical (unpaired) electrons. The Balaban J connectivity index is 1.54. The summed E-state index contributed by atoms with van der Waals surface area (Å²) in [6.45, 7) is 5.27. The van der Waals surface area contributed by atoms with Crippen molar-refractivity contribution in [2.24, 2.45) is 0 Å². The second kappa shape index (κ2) is 9.96. The topological polar surface area (TPSA) is 59.4 Å². The minimum atomic E-state index is -0.548. The molecule has 2 saturated heterocycles. The fourth-order valence-electron chi connectivity index (χ4n) is 4.70. The maximum absolute atomic E-state index is 14.5. The van der Waals surface area contributed by atoms with Crippen molar-refractivity contribution < 1.29 is 9.18 Å². The summed E-state index contributed by atoms with van der Waals surface area (Å²) in [7, 11) is 0. The predicted molar refractivity (Wildman–Crippen MR) is 135 cm³/mol. The lowest BCUT2D eigenvalue weighted by atomic mass is 10.0. The van der Waals surface area contributed by atoms with Crippen LogP contribution in [0.1, 0.15) is 34.5 Å². The van der Waals surface area contributed by atoms with Crippen LogP contribution in [0.15, 0.2) is 48.5 Å². The number of thiophene rings is 1. The molecule has 0 aliphatic carbocycles. The number of nitrogens with one attached hydrogen (secondary N) is 1. The van der Waals surface area contributed by atoms with E-state index in [1.165, 1.54) is 42.0 Å². The molecule has 7 heteroatoms.